The van der Waals surface area contributed by atoms with E-state index in [4.69, 9.17) is 4.74 Å². The Hall–Kier alpha value is -3.35. The van der Waals surface area contributed by atoms with Crippen LogP contribution in [0.4, 0.5) is 4.39 Å². The van der Waals surface area contributed by atoms with Gasteiger partial charge in [-0.3, -0.25) is 0 Å². The Bertz CT molecular complexity index is 1100. The molecule has 0 aliphatic heterocycles. The molecule has 1 atom stereocenters. The van der Waals surface area contributed by atoms with Gasteiger partial charge in [0, 0.05) is 10.9 Å². The molecule has 4 rings (SSSR count). The van der Waals surface area contributed by atoms with Crippen LogP contribution in [-0.4, -0.2) is 26.8 Å². The quantitative estimate of drug-likeness (QED) is 0.544. The fourth-order valence-electron chi connectivity index (χ4n) is 2.86. The number of benzene rings is 3. The van der Waals surface area contributed by atoms with Crippen molar-refractivity contribution < 1.29 is 19.3 Å². The largest absolute Gasteiger partial charge is 0.457 e. The number of nitrogens with zero attached hydrogens (tertiary/aromatic N) is 2. The maximum absolute atomic E-state index is 13.0. The van der Waals surface area contributed by atoms with E-state index in [9.17, 15) is 14.6 Å². The highest BCUT2D eigenvalue weighted by Crippen LogP contribution is 2.30. The number of hydrogen-bond donors (Lipinski definition) is 2. The monoisotopic (exact) mass is 376 g/mol. The maximum Gasteiger partial charge on any atom is 0.160 e. The molecule has 0 bridgehead atoms. The molecule has 0 amide bonds. The molecular weight excluding hydrogens is 359 g/mol. The third-order valence-corrected chi connectivity index (χ3v) is 4.27. The van der Waals surface area contributed by atoms with E-state index in [2.05, 4.69) is 9.97 Å². The van der Waals surface area contributed by atoms with E-state index < -0.39 is 12.7 Å². The van der Waals surface area contributed by atoms with Crippen LogP contribution in [0.5, 0.6) is 11.5 Å². The smallest absolute Gasteiger partial charge is 0.160 e. The molecule has 3 aromatic carbocycles. The summed E-state index contributed by atoms with van der Waals surface area (Å²) >= 11 is 0. The van der Waals surface area contributed by atoms with Crippen molar-refractivity contribution in [3.8, 4) is 22.8 Å². The number of fused-ring (bicyclic) bond motifs is 1. The highest BCUT2D eigenvalue weighted by Gasteiger charge is 2.15. The number of rotatable bonds is 5. The third kappa shape index (κ3) is 3.69. The predicted molar refractivity (Wildman–Crippen MR) is 103 cm³/mol. The zero-order valence-electron chi connectivity index (χ0n) is 14.8. The van der Waals surface area contributed by atoms with E-state index in [0.29, 0.717) is 22.7 Å². The number of aliphatic hydroxyl groups is 2. The van der Waals surface area contributed by atoms with E-state index in [0.717, 1.165) is 10.9 Å². The Balaban J connectivity index is 1.70. The van der Waals surface area contributed by atoms with Crippen molar-refractivity contribution in [2.24, 2.45) is 0 Å². The Morgan fingerprint density at radius 3 is 2.18 bits per heavy atom. The van der Waals surface area contributed by atoms with E-state index in [1.165, 1.54) is 12.1 Å². The van der Waals surface area contributed by atoms with E-state index in [1.807, 2.05) is 36.4 Å². The lowest BCUT2D eigenvalue weighted by molar-refractivity contribution is 0.0890. The Morgan fingerprint density at radius 2 is 1.50 bits per heavy atom. The third-order valence-electron chi connectivity index (χ3n) is 4.27. The second-order valence-electron chi connectivity index (χ2n) is 6.23. The Morgan fingerprint density at radius 1 is 0.857 bits per heavy atom. The van der Waals surface area contributed by atoms with Crippen molar-refractivity contribution in [3.63, 3.8) is 0 Å². The van der Waals surface area contributed by atoms with Crippen LogP contribution in [0.25, 0.3) is 22.2 Å². The van der Waals surface area contributed by atoms with Crippen LogP contribution < -0.4 is 4.74 Å². The molecule has 140 valence electrons. The zero-order valence-corrected chi connectivity index (χ0v) is 14.8. The van der Waals surface area contributed by atoms with Crippen molar-refractivity contribution >= 4 is 10.9 Å². The molecule has 0 fully saturated rings. The van der Waals surface area contributed by atoms with Gasteiger partial charge in [-0.25, -0.2) is 14.4 Å². The van der Waals surface area contributed by atoms with Gasteiger partial charge >= 0.3 is 0 Å². The second kappa shape index (κ2) is 7.72. The number of aliphatic hydroxyl groups excluding tert-OH is 2. The minimum Gasteiger partial charge on any atom is -0.457 e. The van der Waals surface area contributed by atoms with Crippen LogP contribution in [0, 0.1) is 5.82 Å². The lowest BCUT2D eigenvalue weighted by Gasteiger charge is -2.12. The second-order valence-corrected chi connectivity index (χ2v) is 6.23. The summed E-state index contributed by atoms with van der Waals surface area (Å²) in [7, 11) is 0. The summed E-state index contributed by atoms with van der Waals surface area (Å²) in [6, 6.07) is 20.6. The maximum atomic E-state index is 13.0. The van der Waals surface area contributed by atoms with E-state index in [-0.39, 0.29) is 11.6 Å². The highest BCUT2D eigenvalue weighted by atomic mass is 19.1. The van der Waals surface area contributed by atoms with Gasteiger partial charge in [-0.05, 0) is 54.6 Å². The van der Waals surface area contributed by atoms with Crippen molar-refractivity contribution in [2.45, 2.75) is 6.10 Å². The summed E-state index contributed by atoms with van der Waals surface area (Å²) < 4.78 is 18.7. The molecule has 5 nitrogen and oxygen atoms in total. The Kier molecular flexibility index (Phi) is 4.97. The first kappa shape index (κ1) is 18.0. The molecule has 0 aliphatic carbocycles. The normalized spacial score (nSPS) is 12.1. The molecule has 0 spiro atoms. The molecule has 1 unspecified atom stereocenters. The molecule has 0 aliphatic rings. The van der Waals surface area contributed by atoms with E-state index >= 15 is 0 Å². The fraction of sp³-hybridized carbons (Fsp3) is 0.0909. The average molecular weight is 376 g/mol. The first-order valence-corrected chi connectivity index (χ1v) is 8.73. The predicted octanol–water partition coefficient (Wildman–Crippen LogP) is 4.25. The van der Waals surface area contributed by atoms with Crippen molar-refractivity contribution in [1.82, 2.24) is 9.97 Å². The lowest BCUT2D eigenvalue weighted by Crippen LogP contribution is -2.09. The van der Waals surface area contributed by atoms with Gasteiger partial charge in [-0.2, -0.15) is 0 Å². The number of para-hydroxylation sites is 1. The minimum atomic E-state index is -1.15. The van der Waals surface area contributed by atoms with Gasteiger partial charge in [-0.15, -0.1) is 0 Å². The van der Waals surface area contributed by atoms with Crippen LogP contribution in [0.1, 0.15) is 11.9 Å². The van der Waals surface area contributed by atoms with Crippen molar-refractivity contribution in [1.29, 1.82) is 0 Å². The molecule has 0 saturated heterocycles. The van der Waals surface area contributed by atoms with Gasteiger partial charge in [0.2, 0.25) is 0 Å². The average Bonchev–Trinajstić information content (AvgIpc) is 2.74. The molecule has 0 radical (unpaired) electrons. The van der Waals surface area contributed by atoms with Crippen LogP contribution in [0.3, 0.4) is 0 Å². The summed E-state index contributed by atoms with van der Waals surface area (Å²) in [4.78, 5) is 8.80. The first-order valence-electron chi connectivity index (χ1n) is 8.73. The van der Waals surface area contributed by atoms with Gasteiger partial charge < -0.3 is 14.9 Å². The molecule has 4 aromatic rings. The molecule has 0 saturated carbocycles. The standard InChI is InChI=1S/C22H17FN2O3/c23-15-7-11-17(12-8-15)28-16-9-5-14(6-10-16)21-18-3-1-2-4-19(18)24-22(25-21)20(27)13-26/h1-12,20,26-27H,13H2. The van der Waals surface area contributed by atoms with Crippen molar-refractivity contribution in [3.05, 3.63) is 84.4 Å². The SMILES string of the molecule is OCC(O)c1nc(-c2ccc(Oc3ccc(F)cc3)cc2)c2ccccc2n1. The number of halogens is 1. The zero-order chi connectivity index (χ0) is 19.5. The van der Waals surface area contributed by atoms with Gasteiger partial charge in [0.05, 0.1) is 17.8 Å². The van der Waals surface area contributed by atoms with Gasteiger partial charge in [0.15, 0.2) is 5.82 Å². The topological polar surface area (TPSA) is 75.5 Å². The first-order chi connectivity index (χ1) is 13.6. The van der Waals surface area contributed by atoms with Gasteiger partial charge in [-0.1, -0.05) is 18.2 Å². The molecule has 1 aromatic heterocycles. The van der Waals surface area contributed by atoms with Crippen LogP contribution in [0.2, 0.25) is 0 Å². The molecule has 1 heterocycles. The lowest BCUT2D eigenvalue weighted by atomic mass is 10.1. The van der Waals surface area contributed by atoms with Gasteiger partial charge in [0.25, 0.3) is 0 Å². The molecule has 28 heavy (non-hydrogen) atoms. The summed E-state index contributed by atoms with van der Waals surface area (Å²) in [6.45, 7) is -0.456. The summed E-state index contributed by atoms with van der Waals surface area (Å²) in [5, 5.41) is 20.0. The van der Waals surface area contributed by atoms with Crippen LogP contribution in [0.15, 0.2) is 72.8 Å². The number of hydrogen-bond acceptors (Lipinski definition) is 5. The summed E-state index contributed by atoms with van der Waals surface area (Å²) in [5.41, 5.74) is 2.15. The van der Waals surface area contributed by atoms with Crippen molar-refractivity contribution in [2.75, 3.05) is 6.61 Å². The molecule has 2 N–H and O–H groups in total. The number of ether oxygens (including phenoxy) is 1. The summed E-state index contributed by atoms with van der Waals surface area (Å²) in [5.74, 6) is 0.987. The Labute approximate surface area is 160 Å². The van der Waals surface area contributed by atoms with E-state index in [1.54, 1.807) is 24.3 Å². The fourth-order valence-corrected chi connectivity index (χ4v) is 2.86. The molecular formula is C22H17FN2O3. The minimum absolute atomic E-state index is 0.169. The van der Waals surface area contributed by atoms with Crippen LogP contribution in [-0.2, 0) is 0 Å². The molecule has 6 heteroatoms. The van der Waals surface area contributed by atoms with Crippen LogP contribution >= 0.6 is 0 Å². The summed E-state index contributed by atoms with van der Waals surface area (Å²) in [6.07, 6.45) is -1.15. The van der Waals surface area contributed by atoms with Gasteiger partial charge in [0.1, 0.15) is 23.4 Å². The highest BCUT2D eigenvalue weighted by molar-refractivity contribution is 5.92. The number of aromatic nitrogens is 2.